The molecule has 0 radical (unpaired) electrons. The molecule has 8 nitrogen and oxygen atoms in total. The van der Waals surface area contributed by atoms with Crippen LogP contribution in [0.1, 0.15) is 24.0 Å². The third-order valence-corrected chi connectivity index (χ3v) is 4.96. The van der Waals surface area contributed by atoms with E-state index >= 15 is 0 Å². The number of para-hydroxylation sites is 1. The molecule has 3 rings (SSSR count). The summed E-state index contributed by atoms with van der Waals surface area (Å²) in [6, 6.07) is 16.4. The van der Waals surface area contributed by atoms with Crippen molar-refractivity contribution in [2.75, 3.05) is 18.4 Å². The highest BCUT2D eigenvalue weighted by Gasteiger charge is 2.29. The van der Waals surface area contributed by atoms with Gasteiger partial charge in [-0.1, -0.05) is 48.5 Å². The first-order valence-corrected chi connectivity index (χ1v) is 9.88. The molecular weight excluding hydrogens is 384 g/mol. The van der Waals surface area contributed by atoms with Crippen molar-refractivity contribution >= 4 is 23.6 Å². The maximum absolute atomic E-state index is 12.3. The molecule has 1 heterocycles. The largest absolute Gasteiger partial charge is 0.445 e. The summed E-state index contributed by atoms with van der Waals surface area (Å²) >= 11 is 0. The van der Waals surface area contributed by atoms with Gasteiger partial charge in [0.15, 0.2) is 0 Å². The number of nitrogens with zero attached hydrogens (tertiary/aromatic N) is 1. The number of primary amides is 1. The van der Waals surface area contributed by atoms with Gasteiger partial charge in [0.2, 0.25) is 11.8 Å². The van der Waals surface area contributed by atoms with Crippen molar-refractivity contribution in [2.24, 2.45) is 5.73 Å². The number of nitrogens with two attached hydrogens (primary N) is 1. The first-order valence-electron chi connectivity index (χ1n) is 9.88. The van der Waals surface area contributed by atoms with E-state index in [0.717, 1.165) is 30.5 Å². The Morgan fingerprint density at radius 2 is 1.80 bits per heavy atom. The maximum atomic E-state index is 12.3. The zero-order chi connectivity index (χ0) is 21.3. The minimum Gasteiger partial charge on any atom is -0.445 e. The standard InChI is InChI=1S/C22H26N4O4/c23-21(28)19-11-6-12-26(19)14-17-9-4-5-10-18(17)25-20(27)13-24-22(29)30-15-16-7-2-1-3-8-16/h1-5,7-10,19H,6,11-15H2,(H2,23,28)(H,24,29)(H,25,27). The average molecular weight is 410 g/mol. The molecule has 2 aromatic carbocycles. The van der Waals surface area contributed by atoms with E-state index in [2.05, 4.69) is 10.6 Å². The molecule has 0 aromatic heterocycles. The quantitative estimate of drug-likeness (QED) is 0.616. The van der Waals surface area contributed by atoms with Crippen molar-refractivity contribution in [3.05, 3.63) is 65.7 Å². The Kier molecular flexibility index (Phi) is 7.40. The molecule has 1 atom stereocenters. The van der Waals surface area contributed by atoms with E-state index in [-0.39, 0.29) is 31.0 Å². The smallest absolute Gasteiger partial charge is 0.407 e. The molecule has 8 heteroatoms. The Hall–Kier alpha value is -3.39. The molecule has 0 saturated carbocycles. The van der Waals surface area contributed by atoms with Gasteiger partial charge in [-0.15, -0.1) is 0 Å². The van der Waals surface area contributed by atoms with Crippen LogP contribution < -0.4 is 16.4 Å². The van der Waals surface area contributed by atoms with Crippen molar-refractivity contribution < 1.29 is 19.1 Å². The highest BCUT2D eigenvalue weighted by Crippen LogP contribution is 2.23. The van der Waals surface area contributed by atoms with Crippen molar-refractivity contribution in [2.45, 2.75) is 32.0 Å². The van der Waals surface area contributed by atoms with Gasteiger partial charge in [-0.3, -0.25) is 14.5 Å². The second kappa shape index (κ2) is 10.4. The van der Waals surface area contributed by atoms with Gasteiger partial charge in [0.25, 0.3) is 0 Å². The monoisotopic (exact) mass is 410 g/mol. The fraction of sp³-hybridized carbons (Fsp3) is 0.318. The van der Waals surface area contributed by atoms with Gasteiger partial charge in [0, 0.05) is 12.2 Å². The lowest BCUT2D eigenvalue weighted by molar-refractivity contribution is -0.122. The summed E-state index contributed by atoms with van der Waals surface area (Å²) in [5, 5.41) is 5.25. The lowest BCUT2D eigenvalue weighted by atomic mass is 10.1. The minimum atomic E-state index is -0.663. The first-order chi connectivity index (χ1) is 14.5. The highest BCUT2D eigenvalue weighted by atomic mass is 16.5. The molecule has 0 bridgehead atoms. The first kappa shape index (κ1) is 21.3. The number of alkyl carbamates (subject to hydrolysis) is 1. The SMILES string of the molecule is NC(=O)C1CCCN1Cc1ccccc1NC(=O)CNC(=O)OCc1ccccc1. The Balaban J connectivity index is 1.49. The predicted octanol–water partition coefficient (Wildman–Crippen LogP) is 2.00. The lowest BCUT2D eigenvalue weighted by Gasteiger charge is -2.23. The Labute approximate surface area is 175 Å². The van der Waals surface area contributed by atoms with Crippen LogP contribution in [0.5, 0.6) is 0 Å². The second-order valence-corrected chi connectivity index (χ2v) is 7.15. The van der Waals surface area contributed by atoms with Crippen LogP contribution in [0.2, 0.25) is 0 Å². The van der Waals surface area contributed by atoms with E-state index in [9.17, 15) is 14.4 Å². The number of hydrogen-bond acceptors (Lipinski definition) is 5. The molecule has 158 valence electrons. The lowest BCUT2D eigenvalue weighted by Crippen LogP contribution is -2.40. The zero-order valence-electron chi connectivity index (χ0n) is 16.7. The van der Waals surface area contributed by atoms with Crippen LogP contribution in [0.3, 0.4) is 0 Å². The molecule has 30 heavy (non-hydrogen) atoms. The number of anilines is 1. The summed E-state index contributed by atoms with van der Waals surface area (Å²) in [5.74, 6) is -0.695. The van der Waals surface area contributed by atoms with Gasteiger partial charge >= 0.3 is 6.09 Å². The van der Waals surface area contributed by atoms with Crippen LogP contribution in [0.4, 0.5) is 10.5 Å². The van der Waals surface area contributed by atoms with E-state index in [1.54, 1.807) is 6.07 Å². The van der Waals surface area contributed by atoms with E-state index in [1.807, 2.05) is 53.4 Å². The third kappa shape index (κ3) is 6.05. The Morgan fingerprint density at radius 3 is 2.57 bits per heavy atom. The van der Waals surface area contributed by atoms with E-state index in [1.165, 1.54) is 0 Å². The second-order valence-electron chi connectivity index (χ2n) is 7.15. The molecule has 0 aliphatic carbocycles. The maximum Gasteiger partial charge on any atom is 0.407 e. The fourth-order valence-corrected chi connectivity index (χ4v) is 3.46. The van der Waals surface area contributed by atoms with Crippen LogP contribution in [0.25, 0.3) is 0 Å². The van der Waals surface area contributed by atoms with Gasteiger partial charge in [0.05, 0.1) is 6.04 Å². The molecule has 1 fully saturated rings. The van der Waals surface area contributed by atoms with Gasteiger partial charge in [-0.2, -0.15) is 0 Å². The summed E-state index contributed by atoms with van der Waals surface area (Å²) in [6.45, 7) is 1.21. The molecule has 1 saturated heterocycles. The number of benzene rings is 2. The number of ether oxygens (including phenoxy) is 1. The van der Waals surface area contributed by atoms with Crippen LogP contribution in [-0.2, 0) is 27.5 Å². The van der Waals surface area contributed by atoms with Gasteiger partial charge < -0.3 is 21.1 Å². The number of rotatable bonds is 8. The van der Waals surface area contributed by atoms with E-state index < -0.39 is 6.09 Å². The summed E-state index contributed by atoms with van der Waals surface area (Å²) in [4.78, 5) is 37.7. The predicted molar refractivity (Wildman–Crippen MR) is 112 cm³/mol. The molecule has 0 spiro atoms. The number of amides is 3. The van der Waals surface area contributed by atoms with Crippen LogP contribution in [-0.4, -0.2) is 41.9 Å². The van der Waals surface area contributed by atoms with Crippen molar-refractivity contribution in [3.8, 4) is 0 Å². The molecule has 4 N–H and O–H groups in total. The highest BCUT2D eigenvalue weighted by molar-refractivity contribution is 5.94. The number of nitrogens with one attached hydrogen (secondary N) is 2. The van der Waals surface area contributed by atoms with Crippen molar-refractivity contribution in [1.82, 2.24) is 10.2 Å². The number of carbonyl (C=O) groups is 3. The third-order valence-electron chi connectivity index (χ3n) is 4.96. The molecule has 1 aliphatic heterocycles. The topological polar surface area (TPSA) is 114 Å². The Morgan fingerprint density at radius 1 is 1.07 bits per heavy atom. The summed E-state index contributed by atoms with van der Waals surface area (Å²) in [7, 11) is 0. The number of hydrogen-bond donors (Lipinski definition) is 3. The van der Waals surface area contributed by atoms with Crippen LogP contribution in [0, 0.1) is 0 Å². The molecule has 1 aliphatic rings. The van der Waals surface area contributed by atoms with Crippen molar-refractivity contribution in [1.29, 1.82) is 0 Å². The minimum absolute atomic E-state index is 0.133. The van der Waals surface area contributed by atoms with E-state index in [0.29, 0.717) is 12.2 Å². The fourth-order valence-electron chi connectivity index (χ4n) is 3.46. The van der Waals surface area contributed by atoms with Gasteiger partial charge in [-0.05, 0) is 36.6 Å². The van der Waals surface area contributed by atoms with Crippen LogP contribution >= 0.6 is 0 Å². The van der Waals surface area contributed by atoms with E-state index in [4.69, 9.17) is 10.5 Å². The normalized spacial score (nSPS) is 16.1. The number of likely N-dealkylation sites (tertiary alicyclic amines) is 1. The zero-order valence-corrected chi connectivity index (χ0v) is 16.7. The summed E-state index contributed by atoms with van der Waals surface area (Å²) < 4.78 is 5.09. The average Bonchev–Trinajstić information content (AvgIpc) is 3.21. The van der Waals surface area contributed by atoms with Crippen molar-refractivity contribution in [3.63, 3.8) is 0 Å². The Bertz CT molecular complexity index is 888. The summed E-state index contributed by atoms with van der Waals surface area (Å²) in [6.07, 6.45) is 0.999. The summed E-state index contributed by atoms with van der Waals surface area (Å²) in [5.41, 5.74) is 7.87. The van der Waals surface area contributed by atoms with Gasteiger partial charge in [-0.25, -0.2) is 4.79 Å². The van der Waals surface area contributed by atoms with Gasteiger partial charge in [0.1, 0.15) is 13.2 Å². The molecule has 2 aromatic rings. The van der Waals surface area contributed by atoms with Crippen LogP contribution in [0.15, 0.2) is 54.6 Å². The molecule has 1 unspecified atom stereocenters. The molecular formula is C22H26N4O4. The number of carbonyl (C=O) groups excluding carboxylic acids is 3. The molecule has 3 amide bonds.